The van der Waals surface area contributed by atoms with Crippen molar-refractivity contribution in [1.29, 1.82) is 0 Å². The van der Waals surface area contributed by atoms with Crippen LogP contribution in [0.15, 0.2) is 12.4 Å². The summed E-state index contributed by atoms with van der Waals surface area (Å²) in [5, 5.41) is 5.58. The second-order valence-corrected chi connectivity index (χ2v) is 2.94. The molecule has 0 aromatic rings. The highest BCUT2D eigenvalue weighted by Gasteiger charge is 2.23. The molecule has 3 nitrogen and oxygen atoms in total. The van der Waals surface area contributed by atoms with Crippen LogP contribution in [-0.4, -0.2) is 24.1 Å². The minimum absolute atomic E-state index is 0.735. The Bertz CT molecular complexity index is 144. The van der Waals surface area contributed by atoms with Gasteiger partial charge in [-0.05, 0) is 6.42 Å². The van der Waals surface area contributed by atoms with E-state index in [4.69, 9.17) is 0 Å². The zero-order valence-electron chi connectivity index (χ0n) is 6.09. The van der Waals surface area contributed by atoms with E-state index in [0.29, 0.717) is 0 Å². The Morgan fingerprint density at radius 3 is 3.50 bits per heavy atom. The maximum Gasteiger partial charge on any atom is 0.0979 e. The third-order valence-corrected chi connectivity index (χ3v) is 2.22. The topological polar surface area (TPSA) is 31.9 Å². The molecule has 56 valence electrons. The van der Waals surface area contributed by atoms with Crippen molar-refractivity contribution < 1.29 is 5.43 Å². The molecule has 0 bridgehead atoms. The highest BCUT2D eigenvalue weighted by Crippen LogP contribution is 2.07. The van der Waals surface area contributed by atoms with Gasteiger partial charge in [-0.25, -0.2) is 10.4 Å². The van der Waals surface area contributed by atoms with E-state index in [1.807, 2.05) is 6.20 Å². The molecule has 0 amide bonds. The summed E-state index contributed by atoms with van der Waals surface area (Å²) in [6, 6.07) is 0.735. The van der Waals surface area contributed by atoms with Crippen LogP contribution >= 0.6 is 0 Å². The Morgan fingerprint density at radius 1 is 1.60 bits per heavy atom. The highest BCUT2D eigenvalue weighted by atomic mass is 15.5. The van der Waals surface area contributed by atoms with Gasteiger partial charge in [0.2, 0.25) is 0 Å². The molecule has 0 spiro atoms. The molecule has 2 aliphatic heterocycles. The highest BCUT2D eigenvalue weighted by molar-refractivity contribution is 4.88. The van der Waals surface area contributed by atoms with E-state index in [1.54, 1.807) is 0 Å². The molecule has 3 heteroatoms. The lowest BCUT2D eigenvalue weighted by Crippen LogP contribution is -2.96. The predicted octanol–water partition coefficient (Wildman–Crippen LogP) is -0.996. The Morgan fingerprint density at radius 2 is 2.60 bits per heavy atom. The number of hydrogen-bond acceptors (Lipinski definition) is 2. The molecule has 0 aromatic carbocycles. The molecule has 3 N–H and O–H groups in total. The monoisotopic (exact) mass is 140 g/mol. The van der Waals surface area contributed by atoms with Crippen LogP contribution in [0.3, 0.4) is 0 Å². The second-order valence-electron chi connectivity index (χ2n) is 2.94. The van der Waals surface area contributed by atoms with Gasteiger partial charge in [0.1, 0.15) is 0 Å². The zero-order chi connectivity index (χ0) is 6.81. The van der Waals surface area contributed by atoms with E-state index in [1.165, 1.54) is 19.4 Å². The Balaban J connectivity index is 2.03. The van der Waals surface area contributed by atoms with Crippen molar-refractivity contribution >= 4 is 0 Å². The smallest absolute Gasteiger partial charge is 0.0979 e. The van der Waals surface area contributed by atoms with Crippen molar-refractivity contribution in [2.45, 2.75) is 18.9 Å². The first-order chi connectivity index (χ1) is 4.97. The Hall–Kier alpha value is -0.700. The van der Waals surface area contributed by atoms with Crippen LogP contribution in [0.4, 0.5) is 0 Å². The van der Waals surface area contributed by atoms with Crippen molar-refractivity contribution in [3.05, 3.63) is 12.4 Å². The molecule has 1 fully saturated rings. The second kappa shape index (κ2) is 2.50. The maximum atomic E-state index is 3.24. The van der Waals surface area contributed by atoms with Crippen LogP contribution in [-0.2, 0) is 0 Å². The summed E-state index contributed by atoms with van der Waals surface area (Å²) in [5.74, 6) is 0. The third kappa shape index (κ3) is 0.968. The van der Waals surface area contributed by atoms with E-state index >= 15 is 0 Å². The summed E-state index contributed by atoms with van der Waals surface area (Å²) in [4.78, 5) is 0. The van der Waals surface area contributed by atoms with Crippen molar-refractivity contribution in [1.82, 2.24) is 10.3 Å². The molecule has 10 heavy (non-hydrogen) atoms. The summed E-state index contributed by atoms with van der Waals surface area (Å²) in [5.41, 5.74) is 2.30. The van der Waals surface area contributed by atoms with Gasteiger partial charge in [-0.1, -0.05) is 0 Å². The van der Waals surface area contributed by atoms with Gasteiger partial charge >= 0.3 is 0 Å². The van der Waals surface area contributed by atoms with Crippen molar-refractivity contribution in [3.8, 4) is 0 Å². The predicted molar refractivity (Wildman–Crippen MR) is 38.8 cm³/mol. The number of quaternary nitrogens is 1. The fourth-order valence-corrected chi connectivity index (χ4v) is 1.62. The van der Waals surface area contributed by atoms with Gasteiger partial charge in [-0.2, -0.15) is 0 Å². The lowest BCUT2D eigenvalue weighted by molar-refractivity contribution is -0.806. The third-order valence-electron chi connectivity index (χ3n) is 2.22. The molecule has 0 aliphatic carbocycles. The summed E-state index contributed by atoms with van der Waals surface area (Å²) in [6.45, 7) is 2.37. The average molecular weight is 140 g/mol. The zero-order valence-corrected chi connectivity index (χ0v) is 6.09. The largest absolute Gasteiger partial charge is 0.387 e. The fraction of sp³-hybridized carbons (Fsp3) is 0.714. The van der Waals surface area contributed by atoms with Crippen molar-refractivity contribution in [2.75, 3.05) is 13.1 Å². The van der Waals surface area contributed by atoms with Crippen LogP contribution in [0.2, 0.25) is 0 Å². The van der Waals surface area contributed by atoms with Crippen LogP contribution in [0.25, 0.3) is 0 Å². The molecule has 1 saturated heterocycles. The van der Waals surface area contributed by atoms with Crippen molar-refractivity contribution in [2.24, 2.45) is 0 Å². The molecular formula is C7H14N3+. The molecule has 0 saturated carbocycles. The first kappa shape index (κ1) is 6.04. The molecule has 2 heterocycles. The number of fused-ring (bicyclic) bond motifs is 1. The van der Waals surface area contributed by atoms with Gasteiger partial charge in [0, 0.05) is 19.2 Å². The fourth-order valence-electron chi connectivity index (χ4n) is 1.62. The number of nitrogens with one attached hydrogen (secondary N) is 1. The Kier molecular flexibility index (Phi) is 1.51. The standard InChI is InChI=1S/C7H13N3/c1-2-7-6-8-4-5-10(7)9-3-1/h4-5,7-9H,1-3,6H2/p+1. The summed E-state index contributed by atoms with van der Waals surface area (Å²) >= 11 is 0. The number of nitrogens with two attached hydrogens (primary N) is 1. The first-order valence-corrected chi connectivity index (χ1v) is 3.97. The molecule has 2 rings (SSSR count). The van der Waals surface area contributed by atoms with E-state index in [2.05, 4.69) is 22.0 Å². The van der Waals surface area contributed by atoms with Gasteiger partial charge in [-0.15, -0.1) is 0 Å². The van der Waals surface area contributed by atoms with Crippen LogP contribution in [0.1, 0.15) is 12.8 Å². The number of rotatable bonds is 0. The van der Waals surface area contributed by atoms with Crippen LogP contribution in [0.5, 0.6) is 0 Å². The summed E-state index contributed by atoms with van der Waals surface area (Å²) in [6.07, 6.45) is 6.86. The van der Waals surface area contributed by atoms with E-state index in [-0.39, 0.29) is 0 Å². The molecule has 1 atom stereocenters. The summed E-state index contributed by atoms with van der Waals surface area (Å²) < 4.78 is 0. The van der Waals surface area contributed by atoms with Crippen LogP contribution < -0.4 is 10.7 Å². The quantitative estimate of drug-likeness (QED) is 0.423. The van der Waals surface area contributed by atoms with Gasteiger partial charge in [-0.3, -0.25) is 0 Å². The minimum atomic E-state index is 0.735. The lowest BCUT2D eigenvalue weighted by Gasteiger charge is -2.34. The lowest BCUT2D eigenvalue weighted by atomic mass is 10.1. The summed E-state index contributed by atoms with van der Waals surface area (Å²) in [7, 11) is 0. The van der Waals surface area contributed by atoms with Gasteiger partial charge in [0.25, 0.3) is 0 Å². The van der Waals surface area contributed by atoms with Gasteiger partial charge in [0.05, 0.1) is 18.8 Å². The molecule has 0 radical (unpaired) electrons. The van der Waals surface area contributed by atoms with E-state index in [0.717, 1.165) is 12.6 Å². The Labute approximate surface area is 61.1 Å². The van der Waals surface area contributed by atoms with Crippen molar-refractivity contribution in [3.63, 3.8) is 0 Å². The van der Waals surface area contributed by atoms with Gasteiger partial charge in [0.15, 0.2) is 0 Å². The molecule has 1 unspecified atom stereocenters. The number of hydrogen-bond donors (Lipinski definition) is 2. The molecule has 0 aromatic heterocycles. The van der Waals surface area contributed by atoms with E-state index in [9.17, 15) is 0 Å². The molecular weight excluding hydrogens is 126 g/mol. The molecule has 2 aliphatic rings. The van der Waals surface area contributed by atoms with Gasteiger partial charge < -0.3 is 5.32 Å². The number of nitrogens with zero attached hydrogens (tertiary/aromatic N) is 1. The average Bonchev–Trinajstić information content (AvgIpc) is 2.05. The minimum Gasteiger partial charge on any atom is -0.387 e. The van der Waals surface area contributed by atoms with Crippen LogP contribution in [0, 0.1) is 0 Å². The normalized spacial score (nSPS) is 31.2. The first-order valence-electron chi connectivity index (χ1n) is 3.97. The SMILES string of the molecule is C1=CN2[NH2+]CCCC2CN1. The maximum absolute atomic E-state index is 3.24. The van der Waals surface area contributed by atoms with E-state index < -0.39 is 0 Å².